The normalized spacial score (nSPS) is 26.5. The van der Waals surface area contributed by atoms with Gasteiger partial charge in [0.25, 0.3) is 0 Å². The summed E-state index contributed by atoms with van der Waals surface area (Å²) < 4.78 is 0. The Bertz CT molecular complexity index is 797. The van der Waals surface area contributed by atoms with Crippen molar-refractivity contribution >= 4 is 23.2 Å². The van der Waals surface area contributed by atoms with Gasteiger partial charge < -0.3 is 10.6 Å². The molecule has 2 N–H and O–H groups in total. The van der Waals surface area contributed by atoms with Crippen LogP contribution in [0.25, 0.3) is 0 Å². The molecule has 1 unspecified atom stereocenters. The zero-order valence-corrected chi connectivity index (χ0v) is 16.2. The van der Waals surface area contributed by atoms with E-state index in [9.17, 15) is 4.79 Å². The maximum atomic E-state index is 13.3. The second kappa shape index (κ2) is 8.01. The number of halogens is 1. The van der Waals surface area contributed by atoms with E-state index in [1.54, 1.807) is 0 Å². The topological polar surface area (TPSA) is 49.6 Å². The van der Waals surface area contributed by atoms with Gasteiger partial charge in [0, 0.05) is 25.6 Å². The molecule has 0 aliphatic carbocycles. The lowest BCUT2D eigenvalue weighted by atomic mass is 9.89. The molecule has 0 bridgehead atoms. The maximum absolute atomic E-state index is 13.3. The van der Waals surface area contributed by atoms with Crippen LogP contribution in [0.2, 0.25) is 5.02 Å². The van der Waals surface area contributed by atoms with Crippen molar-refractivity contribution in [3.8, 4) is 0 Å². The van der Waals surface area contributed by atoms with E-state index in [1.165, 1.54) is 5.56 Å². The number of hydrogen-bond donors (Lipinski definition) is 1. The molecule has 4 rings (SSSR count). The molecule has 2 aliphatic rings. The van der Waals surface area contributed by atoms with Crippen molar-refractivity contribution in [1.82, 2.24) is 4.90 Å². The lowest BCUT2D eigenvalue weighted by molar-refractivity contribution is -0.125. The Labute approximate surface area is 165 Å². The van der Waals surface area contributed by atoms with Gasteiger partial charge in [0.05, 0.1) is 16.8 Å². The van der Waals surface area contributed by atoms with E-state index < -0.39 is 0 Å². The van der Waals surface area contributed by atoms with E-state index >= 15 is 0 Å². The van der Waals surface area contributed by atoms with Crippen LogP contribution >= 0.6 is 11.6 Å². The molecule has 0 spiro atoms. The quantitative estimate of drug-likeness (QED) is 0.878. The minimum Gasteiger partial charge on any atom is -0.330 e. The summed E-state index contributed by atoms with van der Waals surface area (Å²) >= 11 is 6.36. The first-order valence-corrected chi connectivity index (χ1v) is 10.1. The molecule has 2 saturated heterocycles. The smallest absolute Gasteiger partial charge is 0.244 e. The van der Waals surface area contributed by atoms with Crippen LogP contribution in [0.5, 0.6) is 0 Å². The molecule has 2 aliphatic heterocycles. The first-order chi connectivity index (χ1) is 13.2. The number of nitrogens with two attached hydrogens (primary N) is 1. The summed E-state index contributed by atoms with van der Waals surface area (Å²) in [4.78, 5) is 17.5. The molecule has 0 aromatic heterocycles. The summed E-state index contributed by atoms with van der Waals surface area (Å²) in [5, 5.41) is 0.634. The second-order valence-electron chi connectivity index (χ2n) is 7.57. The molecule has 27 heavy (non-hydrogen) atoms. The Kier molecular flexibility index (Phi) is 5.48. The highest BCUT2D eigenvalue weighted by Crippen LogP contribution is 2.36. The zero-order valence-electron chi connectivity index (χ0n) is 15.4. The van der Waals surface area contributed by atoms with Crippen LogP contribution in [0.15, 0.2) is 54.6 Å². The van der Waals surface area contributed by atoms with Crippen molar-refractivity contribution in [3.05, 3.63) is 65.2 Å². The molecule has 4 nitrogen and oxygen atoms in total. The van der Waals surface area contributed by atoms with E-state index in [-0.39, 0.29) is 11.9 Å². The number of para-hydroxylation sites is 1. The lowest BCUT2D eigenvalue weighted by Crippen LogP contribution is -2.52. The van der Waals surface area contributed by atoms with Gasteiger partial charge in [-0.25, -0.2) is 0 Å². The Morgan fingerprint density at radius 2 is 1.78 bits per heavy atom. The van der Waals surface area contributed by atoms with Crippen LogP contribution in [0.1, 0.15) is 24.3 Å². The number of nitrogens with zero attached hydrogens (tertiary/aromatic N) is 2. The third-order valence-electron chi connectivity index (χ3n) is 5.99. The van der Waals surface area contributed by atoms with Crippen molar-refractivity contribution in [1.29, 1.82) is 0 Å². The molecule has 2 fully saturated rings. The molecule has 142 valence electrons. The third-order valence-corrected chi connectivity index (χ3v) is 6.31. The Morgan fingerprint density at radius 3 is 2.52 bits per heavy atom. The largest absolute Gasteiger partial charge is 0.330 e. The third kappa shape index (κ3) is 3.62. The molecule has 5 heteroatoms. The van der Waals surface area contributed by atoms with Crippen molar-refractivity contribution in [2.45, 2.75) is 24.8 Å². The second-order valence-corrected chi connectivity index (χ2v) is 7.97. The van der Waals surface area contributed by atoms with Gasteiger partial charge in [0.15, 0.2) is 0 Å². The monoisotopic (exact) mass is 383 g/mol. The molecule has 1 amide bonds. The fourth-order valence-corrected chi connectivity index (χ4v) is 4.82. The van der Waals surface area contributed by atoms with Crippen molar-refractivity contribution in [2.75, 3.05) is 31.1 Å². The average Bonchev–Trinajstić information content (AvgIpc) is 3.14. The zero-order chi connectivity index (χ0) is 18.8. The van der Waals surface area contributed by atoms with E-state index in [1.807, 2.05) is 35.2 Å². The molecule has 2 heterocycles. The Hall–Kier alpha value is -1.88. The highest BCUT2D eigenvalue weighted by atomic mass is 35.5. The van der Waals surface area contributed by atoms with Crippen molar-refractivity contribution in [3.63, 3.8) is 0 Å². The number of rotatable bonds is 4. The molecule has 0 saturated carbocycles. The van der Waals surface area contributed by atoms with Gasteiger partial charge in [-0.05, 0) is 43.0 Å². The van der Waals surface area contributed by atoms with Crippen LogP contribution in [0, 0.1) is 5.92 Å². The number of piperidine rings is 1. The molecule has 2 aromatic rings. The van der Waals surface area contributed by atoms with Crippen LogP contribution in [0.4, 0.5) is 5.69 Å². The van der Waals surface area contributed by atoms with Gasteiger partial charge in [-0.3, -0.25) is 9.69 Å². The molecule has 2 aromatic carbocycles. The SMILES string of the molecule is NC[C@@H]1CN(C2CCCN(c3ccccc3Cl)C2=O)C[C@H]1c1ccccc1. The lowest BCUT2D eigenvalue weighted by Gasteiger charge is -2.37. The summed E-state index contributed by atoms with van der Waals surface area (Å²) in [7, 11) is 0. The number of carbonyl (C=O) groups excluding carboxylic acids is 1. The first kappa shape index (κ1) is 18.5. The summed E-state index contributed by atoms with van der Waals surface area (Å²) in [6, 6.07) is 18.1. The predicted octanol–water partition coefficient (Wildman–Crippen LogP) is 3.51. The number of amides is 1. The Morgan fingerprint density at radius 1 is 1.04 bits per heavy atom. The highest BCUT2D eigenvalue weighted by Gasteiger charge is 2.41. The van der Waals surface area contributed by atoms with Gasteiger partial charge in [0.2, 0.25) is 5.91 Å². The van der Waals surface area contributed by atoms with Crippen LogP contribution in [-0.2, 0) is 4.79 Å². The highest BCUT2D eigenvalue weighted by molar-refractivity contribution is 6.33. The number of hydrogen-bond acceptors (Lipinski definition) is 3. The summed E-state index contributed by atoms with van der Waals surface area (Å²) in [6.07, 6.45) is 1.89. The van der Waals surface area contributed by atoms with Crippen LogP contribution in [0.3, 0.4) is 0 Å². The van der Waals surface area contributed by atoms with Gasteiger partial charge >= 0.3 is 0 Å². The molecule has 0 radical (unpaired) electrons. The fourth-order valence-electron chi connectivity index (χ4n) is 4.58. The standard InChI is InChI=1S/C22H26ClN3O/c23-19-9-4-5-10-20(19)26-12-6-11-21(22(26)27)25-14-17(13-24)18(15-25)16-7-2-1-3-8-16/h1-5,7-10,17-18,21H,6,11-15,24H2/t17-,18+,21?/m1/s1. The number of anilines is 1. The number of benzene rings is 2. The Balaban J connectivity index is 1.54. The van der Waals surface area contributed by atoms with Gasteiger partial charge in [-0.1, -0.05) is 54.1 Å². The minimum atomic E-state index is -0.0854. The van der Waals surface area contributed by atoms with Crippen molar-refractivity contribution < 1.29 is 4.79 Å². The fraction of sp³-hybridized carbons (Fsp3) is 0.409. The molecule has 3 atom stereocenters. The van der Waals surface area contributed by atoms with E-state index in [4.69, 9.17) is 17.3 Å². The van der Waals surface area contributed by atoms with Gasteiger partial charge in [-0.2, -0.15) is 0 Å². The summed E-state index contributed by atoms with van der Waals surface area (Å²) in [6.45, 7) is 3.14. The summed E-state index contributed by atoms with van der Waals surface area (Å²) in [5.41, 5.74) is 8.23. The molecular weight excluding hydrogens is 358 g/mol. The van der Waals surface area contributed by atoms with Crippen LogP contribution < -0.4 is 10.6 Å². The summed E-state index contributed by atoms with van der Waals surface area (Å²) in [5.74, 6) is 0.939. The molecular formula is C22H26ClN3O. The van der Waals surface area contributed by atoms with Gasteiger partial charge in [-0.15, -0.1) is 0 Å². The van der Waals surface area contributed by atoms with Crippen LogP contribution in [-0.4, -0.2) is 43.0 Å². The minimum absolute atomic E-state index is 0.0854. The predicted molar refractivity (Wildman–Crippen MR) is 110 cm³/mol. The number of likely N-dealkylation sites (tertiary alicyclic amines) is 1. The van der Waals surface area contributed by atoms with Gasteiger partial charge in [0.1, 0.15) is 0 Å². The first-order valence-electron chi connectivity index (χ1n) is 9.74. The van der Waals surface area contributed by atoms with E-state index in [0.29, 0.717) is 23.4 Å². The van der Waals surface area contributed by atoms with E-state index in [0.717, 1.165) is 38.2 Å². The van der Waals surface area contributed by atoms with E-state index in [2.05, 4.69) is 29.2 Å². The maximum Gasteiger partial charge on any atom is 0.244 e. The van der Waals surface area contributed by atoms with Crippen molar-refractivity contribution in [2.24, 2.45) is 11.7 Å². The average molecular weight is 384 g/mol. The number of carbonyl (C=O) groups is 1.